The second kappa shape index (κ2) is 14.2. The Labute approximate surface area is 260 Å². The van der Waals surface area contributed by atoms with Gasteiger partial charge in [-0.05, 0) is 47.9 Å². The zero-order valence-electron chi connectivity index (χ0n) is 25.7. The number of hydrogen-bond donors (Lipinski definition) is 2. The highest BCUT2D eigenvalue weighted by Crippen LogP contribution is 2.43. The minimum Gasteiger partial charge on any atom is -0.497 e. The number of H-pyrrole nitrogens is 1. The molecule has 238 valence electrons. The van der Waals surface area contributed by atoms with Crippen LogP contribution in [0.4, 0.5) is 0 Å². The molecule has 3 aromatic carbocycles. The summed E-state index contributed by atoms with van der Waals surface area (Å²) in [5.41, 5.74) is 0.430. The molecule has 1 saturated heterocycles. The van der Waals surface area contributed by atoms with E-state index >= 15 is 0 Å². The zero-order valence-corrected chi connectivity index (χ0v) is 25.7. The number of nitrogens with zero attached hydrogens (tertiary/aromatic N) is 1. The third-order valence-electron chi connectivity index (χ3n) is 7.97. The number of aryl methyl sites for hydroxylation is 1. The fourth-order valence-electron chi connectivity index (χ4n) is 5.58. The molecule has 1 aliphatic heterocycles. The van der Waals surface area contributed by atoms with Crippen molar-refractivity contribution in [3.63, 3.8) is 0 Å². The molecular formula is C34H38N2O9. The Balaban J connectivity index is 1.56. The van der Waals surface area contributed by atoms with Gasteiger partial charge >= 0.3 is 5.69 Å². The molecule has 0 aliphatic carbocycles. The summed E-state index contributed by atoms with van der Waals surface area (Å²) in [5, 5.41) is 11.5. The lowest BCUT2D eigenvalue weighted by Crippen LogP contribution is -2.41. The van der Waals surface area contributed by atoms with E-state index in [0.29, 0.717) is 17.1 Å². The Kier molecular flexibility index (Phi) is 10.2. The van der Waals surface area contributed by atoms with E-state index < -0.39 is 41.4 Å². The highest BCUT2D eigenvalue weighted by atomic mass is 16.6. The van der Waals surface area contributed by atoms with Crippen molar-refractivity contribution in [2.24, 2.45) is 0 Å². The van der Waals surface area contributed by atoms with Crippen LogP contribution in [0.25, 0.3) is 0 Å². The first-order chi connectivity index (χ1) is 21.8. The average Bonchev–Trinajstić information content (AvgIpc) is 3.38. The van der Waals surface area contributed by atoms with Crippen LogP contribution in [0.15, 0.2) is 94.6 Å². The molecule has 0 amide bonds. The third kappa shape index (κ3) is 6.58. The summed E-state index contributed by atoms with van der Waals surface area (Å²) in [6, 6.07) is 24.9. The predicted octanol–water partition coefficient (Wildman–Crippen LogP) is 3.16. The van der Waals surface area contributed by atoms with Crippen molar-refractivity contribution < 1.29 is 33.5 Å². The molecule has 0 radical (unpaired) electrons. The van der Waals surface area contributed by atoms with Crippen LogP contribution < -0.4 is 20.7 Å². The summed E-state index contributed by atoms with van der Waals surface area (Å²) in [6.07, 6.45) is -2.70. The van der Waals surface area contributed by atoms with E-state index in [-0.39, 0.29) is 19.8 Å². The molecule has 0 bridgehead atoms. The van der Waals surface area contributed by atoms with Crippen LogP contribution >= 0.6 is 0 Å². The van der Waals surface area contributed by atoms with Crippen molar-refractivity contribution in [3.05, 3.63) is 128 Å². The van der Waals surface area contributed by atoms with Crippen molar-refractivity contribution in [2.45, 2.75) is 37.1 Å². The van der Waals surface area contributed by atoms with Crippen LogP contribution in [0.2, 0.25) is 0 Å². The van der Waals surface area contributed by atoms with E-state index in [1.165, 1.54) is 17.9 Å². The summed E-state index contributed by atoms with van der Waals surface area (Å²) in [7, 11) is 4.75. The standard InChI is InChI=1S/C34H38N2O9/c1-22-20-36(33(39)35-31(22)38)32-30(43-19-18-40-2)29(37)28(45-32)21-44-34(23-8-6-5-7-9-23,24-10-14-26(41-3)15-11-24)25-12-16-27(42-4)17-13-25/h5-17,20,28-30,32,37H,18-19,21H2,1-4H3,(H,35,38,39)/t28-,29+,30+,32-/m0/s1. The first-order valence-electron chi connectivity index (χ1n) is 14.6. The number of aromatic nitrogens is 2. The quantitative estimate of drug-likeness (QED) is 0.171. The Morgan fingerprint density at radius 1 is 0.844 bits per heavy atom. The van der Waals surface area contributed by atoms with Gasteiger partial charge in [0.05, 0.1) is 34.0 Å². The summed E-state index contributed by atoms with van der Waals surface area (Å²) in [4.78, 5) is 27.2. The maximum atomic E-state index is 12.9. The van der Waals surface area contributed by atoms with E-state index in [2.05, 4.69) is 4.98 Å². The molecule has 2 heterocycles. The normalized spacial score (nSPS) is 19.8. The number of ether oxygens (including phenoxy) is 6. The third-order valence-corrected chi connectivity index (χ3v) is 7.97. The second-order valence-corrected chi connectivity index (χ2v) is 10.7. The summed E-state index contributed by atoms with van der Waals surface area (Å²) in [5.74, 6) is 1.37. The van der Waals surface area contributed by atoms with Crippen LogP contribution in [-0.4, -0.2) is 74.1 Å². The molecule has 0 saturated carbocycles. The lowest BCUT2D eigenvalue weighted by atomic mass is 9.80. The number of rotatable bonds is 13. The van der Waals surface area contributed by atoms with E-state index in [9.17, 15) is 14.7 Å². The number of benzene rings is 3. The van der Waals surface area contributed by atoms with Gasteiger partial charge in [0.1, 0.15) is 35.4 Å². The van der Waals surface area contributed by atoms with Gasteiger partial charge < -0.3 is 33.5 Å². The number of aromatic amines is 1. The average molecular weight is 619 g/mol. The largest absolute Gasteiger partial charge is 0.497 e. The highest BCUT2D eigenvalue weighted by molar-refractivity contribution is 5.49. The number of aliphatic hydroxyl groups excluding tert-OH is 1. The molecular weight excluding hydrogens is 580 g/mol. The number of aliphatic hydroxyl groups is 1. The maximum absolute atomic E-state index is 12.9. The fourth-order valence-corrected chi connectivity index (χ4v) is 5.58. The molecule has 45 heavy (non-hydrogen) atoms. The van der Waals surface area contributed by atoms with Crippen LogP contribution in [0.3, 0.4) is 0 Å². The minimum absolute atomic E-state index is 0.0914. The molecule has 0 spiro atoms. The number of nitrogens with one attached hydrogen (secondary N) is 1. The summed E-state index contributed by atoms with van der Waals surface area (Å²) < 4.78 is 36.4. The van der Waals surface area contributed by atoms with Crippen LogP contribution in [0, 0.1) is 6.92 Å². The van der Waals surface area contributed by atoms with Crippen molar-refractivity contribution in [3.8, 4) is 11.5 Å². The molecule has 2 N–H and O–H groups in total. The Bertz CT molecular complexity index is 1610. The molecule has 0 unspecified atom stereocenters. The van der Waals surface area contributed by atoms with Crippen molar-refractivity contribution >= 4 is 0 Å². The Morgan fingerprint density at radius 3 is 1.98 bits per heavy atom. The van der Waals surface area contributed by atoms with E-state index in [1.54, 1.807) is 21.1 Å². The molecule has 5 rings (SSSR count). The van der Waals surface area contributed by atoms with Crippen LogP contribution in [0.5, 0.6) is 11.5 Å². The zero-order chi connectivity index (χ0) is 32.0. The van der Waals surface area contributed by atoms with Crippen molar-refractivity contribution in [1.29, 1.82) is 0 Å². The van der Waals surface area contributed by atoms with Crippen LogP contribution in [-0.2, 0) is 24.5 Å². The minimum atomic E-state index is -1.19. The monoisotopic (exact) mass is 618 g/mol. The van der Waals surface area contributed by atoms with Gasteiger partial charge in [0.2, 0.25) is 0 Å². The van der Waals surface area contributed by atoms with E-state index in [1.807, 2.05) is 78.9 Å². The SMILES string of the molecule is COCCO[C@@H]1[C@H](O)[C@H](COC(c2ccccc2)(c2ccc(OC)cc2)c2ccc(OC)cc2)O[C@@H]1n1cc(C)c(=O)[nH]c1=O. The molecule has 1 aromatic heterocycles. The first kappa shape index (κ1) is 32.1. The van der Waals surface area contributed by atoms with Gasteiger partial charge in [-0.25, -0.2) is 4.79 Å². The fraction of sp³-hybridized carbons (Fsp3) is 0.353. The molecule has 4 atom stereocenters. The lowest BCUT2D eigenvalue weighted by molar-refractivity contribution is -0.0994. The molecule has 4 aromatic rings. The molecule has 1 aliphatic rings. The summed E-state index contributed by atoms with van der Waals surface area (Å²) in [6.45, 7) is 1.91. The smallest absolute Gasteiger partial charge is 0.330 e. The van der Waals surface area contributed by atoms with Gasteiger partial charge in [-0.15, -0.1) is 0 Å². The van der Waals surface area contributed by atoms with Gasteiger partial charge in [-0.1, -0.05) is 54.6 Å². The van der Waals surface area contributed by atoms with Gasteiger partial charge in [0.25, 0.3) is 5.56 Å². The number of methoxy groups -OCH3 is 3. The second-order valence-electron chi connectivity index (χ2n) is 10.7. The van der Waals surface area contributed by atoms with Gasteiger partial charge in [-0.3, -0.25) is 14.3 Å². The predicted molar refractivity (Wildman–Crippen MR) is 166 cm³/mol. The number of hydrogen-bond acceptors (Lipinski definition) is 9. The van der Waals surface area contributed by atoms with Gasteiger partial charge in [-0.2, -0.15) is 0 Å². The highest BCUT2D eigenvalue weighted by Gasteiger charge is 2.48. The van der Waals surface area contributed by atoms with E-state index in [0.717, 1.165) is 16.7 Å². The van der Waals surface area contributed by atoms with Crippen LogP contribution in [0.1, 0.15) is 28.5 Å². The van der Waals surface area contributed by atoms with Gasteiger partial charge in [0, 0.05) is 18.9 Å². The molecule has 11 heteroatoms. The topological polar surface area (TPSA) is 130 Å². The van der Waals surface area contributed by atoms with Crippen molar-refractivity contribution in [1.82, 2.24) is 9.55 Å². The maximum Gasteiger partial charge on any atom is 0.330 e. The Hall–Kier alpha value is -4.26. The summed E-state index contributed by atoms with van der Waals surface area (Å²) >= 11 is 0. The molecule has 1 fully saturated rings. The Morgan fingerprint density at radius 2 is 1.42 bits per heavy atom. The first-order valence-corrected chi connectivity index (χ1v) is 14.6. The lowest BCUT2D eigenvalue weighted by Gasteiger charge is -2.37. The van der Waals surface area contributed by atoms with Gasteiger partial charge in [0.15, 0.2) is 6.23 Å². The van der Waals surface area contributed by atoms with E-state index in [4.69, 9.17) is 28.4 Å². The van der Waals surface area contributed by atoms with Crippen molar-refractivity contribution in [2.75, 3.05) is 41.2 Å². The molecule has 11 nitrogen and oxygen atoms in total.